The van der Waals surface area contributed by atoms with Gasteiger partial charge in [-0.3, -0.25) is 16.3 Å². The van der Waals surface area contributed by atoms with Crippen LogP contribution in [0.15, 0.2) is 18.5 Å². The molecule has 1 aromatic heterocycles. The van der Waals surface area contributed by atoms with Crippen molar-refractivity contribution in [3.63, 3.8) is 0 Å². The van der Waals surface area contributed by atoms with Crippen LogP contribution in [0.4, 0.5) is 0 Å². The molecule has 1 aromatic rings. The molecule has 0 aliphatic carbocycles. The molecule has 19 heavy (non-hydrogen) atoms. The number of rotatable bonds is 4. The molecule has 4 atom stereocenters. The van der Waals surface area contributed by atoms with E-state index in [4.69, 9.17) is 10.6 Å². The maximum absolute atomic E-state index is 5.77. The number of methoxy groups -OCH3 is 1. The van der Waals surface area contributed by atoms with Crippen LogP contribution in [0.1, 0.15) is 25.5 Å². The summed E-state index contributed by atoms with van der Waals surface area (Å²) in [5, 5.41) is 1.79. The quantitative estimate of drug-likeness (QED) is 0.657. The van der Waals surface area contributed by atoms with Crippen molar-refractivity contribution in [1.82, 2.24) is 10.4 Å². The van der Waals surface area contributed by atoms with Gasteiger partial charge in [0.1, 0.15) is 5.75 Å². The van der Waals surface area contributed by atoms with Crippen molar-refractivity contribution in [2.75, 3.05) is 12.9 Å². The van der Waals surface area contributed by atoms with Gasteiger partial charge < -0.3 is 4.74 Å². The lowest BCUT2D eigenvalue weighted by molar-refractivity contribution is 0.410. The average molecular weight is 299 g/mol. The normalized spacial score (nSPS) is 28.9. The number of pyridine rings is 1. The van der Waals surface area contributed by atoms with E-state index in [0.717, 1.165) is 17.1 Å². The number of aromatic nitrogens is 1. The molecule has 4 nitrogen and oxygen atoms in total. The SMILES string of the molecule is COc1cncc(C(NN)C2CSC(C)C(C)S2)c1. The van der Waals surface area contributed by atoms with Gasteiger partial charge in [-0.25, -0.2) is 0 Å². The minimum absolute atomic E-state index is 0.107. The Morgan fingerprint density at radius 1 is 1.42 bits per heavy atom. The molecule has 0 aromatic carbocycles. The van der Waals surface area contributed by atoms with E-state index in [1.807, 2.05) is 35.8 Å². The van der Waals surface area contributed by atoms with E-state index < -0.39 is 0 Å². The van der Waals surface area contributed by atoms with Crippen LogP contribution < -0.4 is 16.0 Å². The molecular formula is C13H21N3OS2. The highest BCUT2D eigenvalue weighted by Gasteiger charge is 2.31. The van der Waals surface area contributed by atoms with E-state index in [9.17, 15) is 0 Å². The molecule has 106 valence electrons. The highest BCUT2D eigenvalue weighted by atomic mass is 32.2. The Bertz CT molecular complexity index is 419. The zero-order valence-corrected chi connectivity index (χ0v) is 13.1. The van der Waals surface area contributed by atoms with Crippen LogP contribution in [0.25, 0.3) is 0 Å². The molecule has 1 fully saturated rings. The number of thioether (sulfide) groups is 2. The Labute approximate surface area is 123 Å². The summed E-state index contributed by atoms with van der Waals surface area (Å²) in [5.74, 6) is 7.64. The molecule has 0 bridgehead atoms. The number of hydrogen-bond donors (Lipinski definition) is 2. The van der Waals surface area contributed by atoms with Crippen molar-refractivity contribution in [2.24, 2.45) is 5.84 Å². The molecular weight excluding hydrogens is 278 g/mol. The zero-order valence-electron chi connectivity index (χ0n) is 11.5. The van der Waals surface area contributed by atoms with E-state index >= 15 is 0 Å². The minimum atomic E-state index is 0.107. The molecule has 3 N–H and O–H groups in total. The van der Waals surface area contributed by atoms with Crippen molar-refractivity contribution < 1.29 is 4.74 Å². The van der Waals surface area contributed by atoms with Gasteiger partial charge in [-0.2, -0.15) is 23.5 Å². The van der Waals surface area contributed by atoms with Gasteiger partial charge in [0.25, 0.3) is 0 Å². The lowest BCUT2D eigenvalue weighted by atomic mass is 10.1. The molecule has 0 saturated carbocycles. The Morgan fingerprint density at radius 3 is 2.84 bits per heavy atom. The molecule has 0 radical (unpaired) electrons. The second-order valence-corrected chi connectivity index (χ2v) is 7.75. The summed E-state index contributed by atoms with van der Waals surface area (Å²) in [6, 6.07) is 2.11. The molecule has 4 unspecified atom stereocenters. The van der Waals surface area contributed by atoms with Gasteiger partial charge in [0, 0.05) is 27.7 Å². The molecule has 0 spiro atoms. The van der Waals surface area contributed by atoms with Gasteiger partial charge in [0.15, 0.2) is 0 Å². The number of nitrogens with one attached hydrogen (secondary N) is 1. The maximum Gasteiger partial charge on any atom is 0.137 e. The average Bonchev–Trinajstić information content (AvgIpc) is 2.44. The van der Waals surface area contributed by atoms with E-state index in [2.05, 4.69) is 24.3 Å². The first-order chi connectivity index (χ1) is 9.15. The predicted molar refractivity (Wildman–Crippen MR) is 83.6 cm³/mol. The monoisotopic (exact) mass is 299 g/mol. The van der Waals surface area contributed by atoms with Crippen molar-refractivity contribution in [3.8, 4) is 5.75 Å². The fourth-order valence-electron chi connectivity index (χ4n) is 2.12. The third-order valence-corrected chi connectivity index (χ3v) is 6.95. The first-order valence-electron chi connectivity index (χ1n) is 6.37. The summed E-state index contributed by atoms with van der Waals surface area (Å²) < 4.78 is 5.23. The fourth-order valence-corrected chi connectivity index (χ4v) is 5.22. The summed E-state index contributed by atoms with van der Waals surface area (Å²) in [5.41, 5.74) is 4.03. The molecule has 0 amide bonds. The molecule has 1 saturated heterocycles. The highest BCUT2D eigenvalue weighted by Crippen LogP contribution is 2.40. The second kappa shape index (κ2) is 6.83. The van der Waals surface area contributed by atoms with E-state index in [1.54, 1.807) is 13.3 Å². The van der Waals surface area contributed by atoms with Crippen LogP contribution in [0.5, 0.6) is 5.75 Å². The van der Waals surface area contributed by atoms with Crippen molar-refractivity contribution >= 4 is 23.5 Å². The minimum Gasteiger partial charge on any atom is -0.495 e. The number of hydrazine groups is 1. The zero-order chi connectivity index (χ0) is 13.8. The summed E-state index contributed by atoms with van der Waals surface area (Å²) >= 11 is 4.02. The number of nitrogens with zero attached hydrogens (tertiary/aromatic N) is 1. The van der Waals surface area contributed by atoms with Crippen LogP contribution >= 0.6 is 23.5 Å². The smallest absolute Gasteiger partial charge is 0.137 e. The van der Waals surface area contributed by atoms with Gasteiger partial charge in [-0.15, -0.1) is 0 Å². The van der Waals surface area contributed by atoms with Gasteiger partial charge in [0.05, 0.1) is 19.3 Å². The van der Waals surface area contributed by atoms with E-state index in [0.29, 0.717) is 15.7 Å². The lowest BCUT2D eigenvalue weighted by Crippen LogP contribution is -2.40. The Hall–Kier alpha value is -0.430. The third kappa shape index (κ3) is 3.56. The molecule has 6 heteroatoms. The van der Waals surface area contributed by atoms with Gasteiger partial charge in [-0.05, 0) is 11.6 Å². The second-order valence-electron chi connectivity index (χ2n) is 4.72. The van der Waals surface area contributed by atoms with Gasteiger partial charge >= 0.3 is 0 Å². The summed E-state index contributed by atoms with van der Waals surface area (Å²) in [4.78, 5) is 4.22. The summed E-state index contributed by atoms with van der Waals surface area (Å²) in [6.07, 6.45) is 3.57. The van der Waals surface area contributed by atoms with Gasteiger partial charge in [-0.1, -0.05) is 13.8 Å². The standard InChI is InChI=1S/C13H21N3OS2/c1-8-9(2)19-12(7-18-8)13(16-14)10-4-11(17-3)6-15-5-10/h4-6,8-9,12-13,16H,7,14H2,1-3H3. The van der Waals surface area contributed by atoms with Crippen molar-refractivity contribution in [3.05, 3.63) is 24.0 Å². The van der Waals surface area contributed by atoms with Crippen LogP contribution in [0.3, 0.4) is 0 Å². The van der Waals surface area contributed by atoms with Crippen LogP contribution in [-0.2, 0) is 0 Å². The number of nitrogens with two attached hydrogens (primary N) is 1. The molecule has 1 aliphatic heterocycles. The van der Waals surface area contributed by atoms with E-state index in [1.165, 1.54) is 0 Å². The summed E-state index contributed by atoms with van der Waals surface area (Å²) in [6.45, 7) is 4.57. The molecule has 1 aliphatic rings. The number of ether oxygens (including phenoxy) is 1. The topological polar surface area (TPSA) is 60.2 Å². The highest BCUT2D eigenvalue weighted by molar-refractivity contribution is 8.07. The van der Waals surface area contributed by atoms with Crippen LogP contribution in [0.2, 0.25) is 0 Å². The Kier molecular flexibility index (Phi) is 5.38. The predicted octanol–water partition coefficient (Wildman–Crippen LogP) is 2.22. The van der Waals surface area contributed by atoms with Crippen molar-refractivity contribution in [1.29, 1.82) is 0 Å². The van der Waals surface area contributed by atoms with Crippen LogP contribution in [-0.4, -0.2) is 33.6 Å². The van der Waals surface area contributed by atoms with Gasteiger partial charge in [0.2, 0.25) is 0 Å². The van der Waals surface area contributed by atoms with Crippen molar-refractivity contribution in [2.45, 2.75) is 35.6 Å². The fraction of sp³-hybridized carbons (Fsp3) is 0.615. The first kappa shape index (κ1) is 15.0. The Balaban J connectivity index is 2.15. The number of hydrogen-bond acceptors (Lipinski definition) is 6. The third-order valence-electron chi connectivity index (χ3n) is 3.45. The largest absolute Gasteiger partial charge is 0.495 e. The Morgan fingerprint density at radius 2 is 2.21 bits per heavy atom. The maximum atomic E-state index is 5.77. The first-order valence-corrected chi connectivity index (χ1v) is 8.37. The van der Waals surface area contributed by atoms with E-state index in [-0.39, 0.29) is 6.04 Å². The molecule has 2 rings (SSSR count). The molecule has 2 heterocycles. The van der Waals surface area contributed by atoms with Crippen LogP contribution in [0, 0.1) is 0 Å². The summed E-state index contributed by atoms with van der Waals surface area (Å²) in [7, 11) is 1.65. The lowest BCUT2D eigenvalue weighted by Gasteiger charge is -2.35.